The van der Waals surface area contributed by atoms with Gasteiger partial charge in [0.15, 0.2) is 0 Å². The normalized spacial score (nSPS) is 12.9. The van der Waals surface area contributed by atoms with Gasteiger partial charge < -0.3 is 18.1 Å². The van der Waals surface area contributed by atoms with Crippen LogP contribution in [0.3, 0.4) is 0 Å². The molecule has 0 atom stereocenters. The van der Waals surface area contributed by atoms with Crippen LogP contribution in [0.4, 0.5) is 12.9 Å². The van der Waals surface area contributed by atoms with Gasteiger partial charge in [-0.15, -0.1) is 5.46 Å². The molecule has 0 aliphatic rings. The number of aromatic hydroxyl groups is 1. The summed E-state index contributed by atoms with van der Waals surface area (Å²) < 4.78 is 37.5. The minimum Gasteiger partial charge on any atom is -0.508 e. The van der Waals surface area contributed by atoms with E-state index < -0.39 is 17.9 Å². The first-order valence-corrected chi connectivity index (χ1v) is 4.65. The van der Waals surface area contributed by atoms with Crippen LogP contribution >= 0.6 is 0 Å². The predicted molar refractivity (Wildman–Crippen MR) is 55.5 cm³/mol. The van der Waals surface area contributed by atoms with Gasteiger partial charge >= 0.3 is 6.98 Å². The number of hydrogen-bond acceptors (Lipinski definition) is 1. The topological polar surface area (TPSA) is 20.2 Å². The first-order chi connectivity index (χ1) is 6.60. The molecule has 0 bridgehead atoms. The fourth-order valence-corrected chi connectivity index (χ4v) is 1.26. The molecule has 0 unspecified atom stereocenters. The third-order valence-electron chi connectivity index (χ3n) is 2.18. The first-order valence-electron chi connectivity index (χ1n) is 4.65. The summed E-state index contributed by atoms with van der Waals surface area (Å²) in [5, 5.41) is 9.23. The van der Waals surface area contributed by atoms with Crippen molar-refractivity contribution in [3.8, 4) is 5.75 Å². The van der Waals surface area contributed by atoms with Gasteiger partial charge in [0.2, 0.25) is 0 Å². The Kier molecular flexibility index (Phi) is 2.76. The molecule has 0 aromatic heterocycles. The summed E-state index contributed by atoms with van der Waals surface area (Å²) in [6.07, 6.45) is 0. The molecule has 1 aromatic rings. The monoisotopic (exact) mass is 217 g/mol. The van der Waals surface area contributed by atoms with Crippen LogP contribution in [-0.2, 0) is 5.41 Å². The quantitative estimate of drug-likeness (QED) is 0.717. The van der Waals surface area contributed by atoms with Crippen LogP contribution < -0.4 is 5.46 Å². The van der Waals surface area contributed by atoms with Crippen molar-refractivity contribution in [3.63, 3.8) is 0 Å². The Morgan fingerprint density at radius 3 is 2.00 bits per heavy atom. The van der Waals surface area contributed by atoms with Crippen LogP contribution in [0.2, 0.25) is 0 Å². The van der Waals surface area contributed by atoms with Gasteiger partial charge in [0.1, 0.15) is 5.75 Å². The lowest BCUT2D eigenvalue weighted by Gasteiger charge is -2.23. The highest BCUT2D eigenvalue weighted by Crippen LogP contribution is 2.26. The minimum atomic E-state index is -5.06. The van der Waals surface area contributed by atoms with Crippen molar-refractivity contribution < 1.29 is 18.1 Å². The molecule has 0 fully saturated rings. The molecule has 0 aliphatic heterocycles. The van der Waals surface area contributed by atoms with E-state index in [-0.39, 0.29) is 5.75 Å². The molecule has 84 valence electrons. The van der Waals surface area contributed by atoms with Gasteiger partial charge in [0.05, 0.1) is 0 Å². The Labute approximate surface area is 87.0 Å². The molecule has 1 rings (SSSR count). The van der Waals surface area contributed by atoms with E-state index in [1.807, 2.05) is 0 Å². The third-order valence-corrected chi connectivity index (χ3v) is 2.18. The van der Waals surface area contributed by atoms with Crippen molar-refractivity contribution in [2.24, 2.45) is 0 Å². The zero-order chi connectivity index (χ0) is 11.9. The highest BCUT2D eigenvalue weighted by Gasteiger charge is 2.27. The van der Waals surface area contributed by atoms with E-state index in [9.17, 15) is 18.1 Å². The van der Waals surface area contributed by atoms with E-state index in [2.05, 4.69) is 0 Å². The predicted octanol–water partition coefficient (Wildman–Crippen LogP) is 2.74. The van der Waals surface area contributed by atoms with E-state index in [0.717, 1.165) is 12.1 Å². The zero-order valence-corrected chi connectivity index (χ0v) is 8.89. The van der Waals surface area contributed by atoms with E-state index >= 15 is 0 Å². The summed E-state index contributed by atoms with van der Waals surface area (Å²) in [6.45, 7) is 0.346. The fourth-order valence-electron chi connectivity index (χ4n) is 1.26. The largest absolute Gasteiger partial charge is 0.509 e. The van der Waals surface area contributed by atoms with Crippen LogP contribution in [0.25, 0.3) is 0 Å². The summed E-state index contributed by atoms with van der Waals surface area (Å²) >= 11 is 0. The van der Waals surface area contributed by atoms with E-state index in [1.54, 1.807) is 20.8 Å². The Hall–Kier alpha value is -1.13. The molecule has 0 aliphatic carbocycles. The number of halogens is 3. The number of hydrogen-bond donors (Lipinski definition) is 1. The Bertz CT molecular complexity index is 334. The lowest BCUT2D eigenvalue weighted by atomic mass is 9.76. The van der Waals surface area contributed by atoms with E-state index in [0.29, 0.717) is 5.56 Å². The second kappa shape index (κ2) is 3.47. The van der Waals surface area contributed by atoms with Crippen molar-refractivity contribution in [2.45, 2.75) is 26.2 Å². The van der Waals surface area contributed by atoms with Crippen LogP contribution in [-0.4, -0.2) is 12.1 Å². The SMILES string of the molecule is CC(C)(C)c1cc(O)cc([B-](F)(F)F)c1. The molecule has 1 N–H and O–H groups in total. The average molecular weight is 217 g/mol. The molecule has 1 nitrogen and oxygen atoms in total. The molecule has 0 saturated carbocycles. The van der Waals surface area contributed by atoms with Crippen molar-refractivity contribution in [1.82, 2.24) is 0 Å². The van der Waals surface area contributed by atoms with Gasteiger partial charge in [-0.05, 0) is 23.1 Å². The molecule has 1 aromatic carbocycles. The summed E-state index contributed by atoms with van der Waals surface area (Å²) in [7, 11) is 0. The molecule has 0 radical (unpaired) electrons. The summed E-state index contributed by atoms with van der Waals surface area (Å²) in [5.74, 6) is -0.336. The second-order valence-corrected chi connectivity index (χ2v) is 4.64. The highest BCUT2D eigenvalue weighted by atomic mass is 19.4. The average Bonchev–Trinajstić information content (AvgIpc) is 1.99. The smallest absolute Gasteiger partial charge is 0.508 e. The number of phenols is 1. The highest BCUT2D eigenvalue weighted by molar-refractivity contribution is 6.73. The molecule has 0 heterocycles. The van der Waals surface area contributed by atoms with Gasteiger partial charge in [-0.2, -0.15) is 0 Å². The Morgan fingerprint density at radius 1 is 1.07 bits per heavy atom. The summed E-state index contributed by atoms with van der Waals surface area (Å²) in [5.41, 5.74) is -0.675. The van der Waals surface area contributed by atoms with Gasteiger partial charge in [0.25, 0.3) is 0 Å². The Morgan fingerprint density at radius 2 is 1.60 bits per heavy atom. The fraction of sp³-hybridized carbons (Fsp3) is 0.400. The van der Waals surface area contributed by atoms with E-state index in [1.165, 1.54) is 6.07 Å². The van der Waals surface area contributed by atoms with Crippen molar-refractivity contribution in [2.75, 3.05) is 0 Å². The first kappa shape index (κ1) is 11.9. The van der Waals surface area contributed by atoms with Crippen LogP contribution in [0.15, 0.2) is 18.2 Å². The van der Waals surface area contributed by atoms with Gasteiger partial charge in [-0.1, -0.05) is 26.8 Å². The van der Waals surface area contributed by atoms with Crippen molar-refractivity contribution in [3.05, 3.63) is 23.8 Å². The van der Waals surface area contributed by atoms with Crippen molar-refractivity contribution >= 4 is 12.4 Å². The van der Waals surface area contributed by atoms with Crippen LogP contribution in [0, 0.1) is 0 Å². The number of phenolic OH excluding ortho intramolecular Hbond substituents is 1. The molecule has 0 saturated heterocycles. The molecular weight excluding hydrogens is 204 g/mol. The van der Waals surface area contributed by atoms with Gasteiger partial charge in [-0.3, -0.25) is 0 Å². The minimum absolute atomic E-state index is 0.336. The molecule has 0 amide bonds. The lowest BCUT2D eigenvalue weighted by Crippen LogP contribution is -2.34. The maximum atomic E-state index is 12.5. The standard InChI is InChI=1S/C10H13BF3O/c1-10(2,3)7-4-8(11(12,13)14)6-9(15)5-7/h4-6,15H,1-3H3/q-1. The third kappa shape index (κ3) is 2.91. The molecular formula is C10H13BF3O-. The second-order valence-electron chi connectivity index (χ2n) is 4.64. The van der Waals surface area contributed by atoms with Crippen molar-refractivity contribution in [1.29, 1.82) is 0 Å². The van der Waals surface area contributed by atoms with Crippen LogP contribution in [0.5, 0.6) is 5.75 Å². The maximum absolute atomic E-state index is 12.5. The summed E-state index contributed by atoms with van der Waals surface area (Å²) in [6, 6.07) is 3.22. The Balaban J connectivity index is 3.30. The molecule has 5 heteroatoms. The number of rotatable bonds is 1. The number of benzene rings is 1. The maximum Gasteiger partial charge on any atom is 0.509 e. The van der Waals surface area contributed by atoms with Gasteiger partial charge in [-0.25, -0.2) is 0 Å². The van der Waals surface area contributed by atoms with Gasteiger partial charge in [0, 0.05) is 0 Å². The molecule has 15 heavy (non-hydrogen) atoms. The zero-order valence-electron chi connectivity index (χ0n) is 8.89. The lowest BCUT2D eigenvalue weighted by molar-refractivity contribution is 0.468. The molecule has 0 spiro atoms. The summed E-state index contributed by atoms with van der Waals surface area (Å²) in [4.78, 5) is 0. The van der Waals surface area contributed by atoms with Crippen LogP contribution in [0.1, 0.15) is 26.3 Å². The van der Waals surface area contributed by atoms with E-state index in [4.69, 9.17) is 0 Å².